The predicted octanol–water partition coefficient (Wildman–Crippen LogP) is 2.04. The number of nitrogens with zero attached hydrogens (tertiary/aromatic N) is 2. The van der Waals surface area contributed by atoms with E-state index in [0.29, 0.717) is 24.7 Å². The van der Waals surface area contributed by atoms with Crippen molar-refractivity contribution in [3.63, 3.8) is 0 Å². The number of hydrogen-bond donors (Lipinski definition) is 1. The van der Waals surface area contributed by atoms with E-state index < -0.39 is 5.69 Å². The number of hydrogen-bond acceptors (Lipinski definition) is 3. The van der Waals surface area contributed by atoms with Crippen molar-refractivity contribution in [3.05, 3.63) is 31.6 Å². The summed E-state index contributed by atoms with van der Waals surface area (Å²) in [5.41, 5.74) is -0.259. The minimum atomic E-state index is -0.443. The standard InChI is InChI=1S/C14H24ClN3O2/c1-6-10(4)17(5)7-8-18-13(19)11(9(2)3)12(15)16-14(18)20/h9-10H,6-8H2,1-5H3,(H,16,20). The van der Waals surface area contributed by atoms with Crippen LogP contribution in [-0.2, 0) is 6.54 Å². The molecule has 6 heteroatoms. The Morgan fingerprint density at radius 3 is 2.40 bits per heavy atom. The van der Waals surface area contributed by atoms with E-state index in [-0.39, 0.29) is 16.6 Å². The zero-order valence-electron chi connectivity index (χ0n) is 12.9. The zero-order chi connectivity index (χ0) is 15.4. The number of H-pyrrole nitrogens is 1. The van der Waals surface area contributed by atoms with Gasteiger partial charge in [0.05, 0.1) is 5.56 Å². The average Bonchev–Trinajstić information content (AvgIpc) is 2.36. The average molecular weight is 302 g/mol. The topological polar surface area (TPSA) is 58.1 Å². The third-order valence-electron chi connectivity index (χ3n) is 3.77. The molecule has 0 saturated heterocycles. The minimum Gasteiger partial charge on any atom is -0.302 e. The summed E-state index contributed by atoms with van der Waals surface area (Å²) >= 11 is 5.96. The van der Waals surface area contributed by atoms with Crippen molar-refractivity contribution in [2.75, 3.05) is 13.6 Å². The smallest absolute Gasteiger partial charge is 0.302 e. The van der Waals surface area contributed by atoms with Crippen LogP contribution in [0.1, 0.15) is 45.6 Å². The maximum Gasteiger partial charge on any atom is 0.329 e. The van der Waals surface area contributed by atoms with Crippen molar-refractivity contribution in [1.82, 2.24) is 14.5 Å². The molecule has 0 radical (unpaired) electrons. The summed E-state index contributed by atoms with van der Waals surface area (Å²) in [4.78, 5) is 28.9. The number of rotatable bonds is 6. The molecule has 1 aromatic heterocycles. The first-order chi connectivity index (χ1) is 9.29. The summed E-state index contributed by atoms with van der Waals surface area (Å²) < 4.78 is 1.24. The summed E-state index contributed by atoms with van der Waals surface area (Å²) in [6.07, 6.45) is 1.03. The van der Waals surface area contributed by atoms with Gasteiger partial charge >= 0.3 is 5.69 Å². The predicted molar refractivity (Wildman–Crippen MR) is 82.8 cm³/mol. The largest absolute Gasteiger partial charge is 0.329 e. The molecule has 0 bridgehead atoms. The molecular formula is C14H24ClN3O2. The molecule has 0 aliphatic rings. The molecule has 20 heavy (non-hydrogen) atoms. The van der Waals surface area contributed by atoms with E-state index in [2.05, 4.69) is 23.7 Å². The Labute approximate surface area is 124 Å². The number of aromatic amines is 1. The molecule has 5 nitrogen and oxygen atoms in total. The Balaban J connectivity index is 3.05. The summed E-state index contributed by atoms with van der Waals surface area (Å²) in [7, 11) is 1.99. The highest BCUT2D eigenvalue weighted by molar-refractivity contribution is 6.30. The van der Waals surface area contributed by atoms with Crippen molar-refractivity contribution in [3.8, 4) is 0 Å². The van der Waals surface area contributed by atoms with E-state index in [9.17, 15) is 9.59 Å². The number of nitrogens with one attached hydrogen (secondary N) is 1. The van der Waals surface area contributed by atoms with Gasteiger partial charge in [0.15, 0.2) is 0 Å². The molecule has 0 aliphatic carbocycles. The van der Waals surface area contributed by atoms with Crippen LogP contribution in [0.2, 0.25) is 5.15 Å². The van der Waals surface area contributed by atoms with Crippen LogP contribution in [-0.4, -0.2) is 34.1 Å². The van der Waals surface area contributed by atoms with Crippen LogP contribution in [0, 0.1) is 0 Å². The monoisotopic (exact) mass is 301 g/mol. The van der Waals surface area contributed by atoms with Crippen LogP contribution in [0.15, 0.2) is 9.59 Å². The highest BCUT2D eigenvalue weighted by atomic mass is 35.5. The fourth-order valence-electron chi connectivity index (χ4n) is 2.05. The Morgan fingerprint density at radius 2 is 1.90 bits per heavy atom. The summed E-state index contributed by atoms with van der Waals surface area (Å²) in [6.45, 7) is 9.02. The quantitative estimate of drug-likeness (QED) is 0.818. The zero-order valence-corrected chi connectivity index (χ0v) is 13.6. The van der Waals surface area contributed by atoms with E-state index in [0.717, 1.165) is 6.42 Å². The van der Waals surface area contributed by atoms with Crippen LogP contribution >= 0.6 is 11.6 Å². The van der Waals surface area contributed by atoms with Gasteiger partial charge in [-0.15, -0.1) is 0 Å². The molecule has 0 aliphatic heterocycles. The second-order valence-electron chi connectivity index (χ2n) is 5.51. The highest BCUT2D eigenvalue weighted by Gasteiger charge is 2.16. The lowest BCUT2D eigenvalue weighted by Gasteiger charge is -2.23. The van der Waals surface area contributed by atoms with Crippen molar-refractivity contribution < 1.29 is 0 Å². The van der Waals surface area contributed by atoms with E-state index >= 15 is 0 Å². The summed E-state index contributed by atoms with van der Waals surface area (Å²) in [6, 6.07) is 0.418. The van der Waals surface area contributed by atoms with Crippen molar-refractivity contribution in [2.24, 2.45) is 0 Å². The van der Waals surface area contributed by atoms with Gasteiger partial charge in [-0.25, -0.2) is 4.79 Å². The third kappa shape index (κ3) is 3.73. The van der Waals surface area contributed by atoms with Gasteiger partial charge < -0.3 is 4.90 Å². The molecule has 1 heterocycles. The fraction of sp³-hybridized carbons (Fsp3) is 0.714. The Kier molecular flexibility index (Phi) is 6.02. The molecular weight excluding hydrogens is 278 g/mol. The molecule has 0 amide bonds. The Hall–Kier alpha value is -1.07. The number of aromatic nitrogens is 2. The van der Waals surface area contributed by atoms with E-state index in [4.69, 9.17) is 11.6 Å². The summed E-state index contributed by atoms with van der Waals surface area (Å²) in [5.74, 6) is -0.0228. The lowest BCUT2D eigenvalue weighted by atomic mass is 10.1. The van der Waals surface area contributed by atoms with E-state index in [1.165, 1.54) is 4.57 Å². The molecule has 1 unspecified atom stereocenters. The van der Waals surface area contributed by atoms with Crippen LogP contribution in [0.5, 0.6) is 0 Å². The third-order valence-corrected chi connectivity index (χ3v) is 4.07. The molecule has 0 aromatic carbocycles. The van der Waals surface area contributed by atoms with Gasteiger partial charge in [-0.3, -0.25) is 14.3 Å². The van der Waals surface area contributed by atoms with Gasteiger partial charge in [-0.2, -0.15) is 0 Å². The molecule has 0 saturated carbocycles. The second kappa shape index (κ2) is 7.09. The van der Waals surface area contributed by atoms with Gasteiger partial charge in [0.25, 0.3) is 5.56 Å². The van der Waals surface area contributed by atoms with Crippen molar-refractivity contribution in [2.45, 2.75) is 52.6 Å². The SMILES string of the molecule is CCC(C)N(C)CCn1c(=O)[nH]c(Cl)c(C(C)C)c1=O. The van der Waals surface area contributed by atoms with Crippen LogP contribution < -0.4 is 11.2 Å². The maximum atomic E-state index is 12.3. The Morgan fingerprint density at radius 1 is 1.30 bits per heavy atom. The first-order valence-corrected chi connectivity index (χ1v) is 7.40. The molecule has 1 rings (SSSR count). The normalized spacial score (nSPS) is 13.2. The molecule has 1 aromatic rings. The highest BCUT2D eigenvalue weighted by Crippen LogP contribution is 2.16. The van der Waals surface area contributed by atoms with Crippen LogP contribution in [0.3, 0.4) is 0 Å². The van der Waals surface area contributed by atoms with Gasteiger partial charge in [-0.05, 0) is 26.3 Å². The molecule has 114 valence electrons. The number of likely N-dealkylation sites (N-methyl/N-ethyl adjacent to an activating group) is 1. The first kappa shape index (κ1) is 17.0. The van der Waals surface area contributed by atoms with Gasteiger partial charge in [0.2, 0.25) is 0 Å². The maximum absolute atomic E-state index is 12.3. The Bertz CT molecular complexity index is 563. The van der Waals surface area contributed by atoms with Crippen LogP contribution in [0.25, 0.3) is 0 Å². The molecule has 1 atom stereocenters. The van der Waals surface area contributed by atoms with E-state index in [1.54, 1.807) is 0 Å². The van der Waals surface area contributed by atoms with Gasteiger partial charge in [-0.1, -0.05) is 32.4 Å². The first-order valence-electron chi connectivity index (χ1n) is 7.02. The second-order valence-corrected chi connectivity index (χ2v) is 5.89. The lowest BCUT2D eigenvalue weighted by Crippen LogP contribution is -2.41. The fourth-order valence-corrected chi connectivity index (χ4v) is 2.43. The van der Waals surface area contributed by atoms with Crippen molar-refractivity contribution >= 4 is 11.6 Å². The van der Waals surface area contributed by atoms with E-state index in [1.807, 2.05) is 20.9 Å². The van der Waals surface area contributed by atoms with Gasteiger partial charge in [0, 0.05) is 19.1 Å². The van der Waals surface area contributed by atoms with Crippen molar-refractivity contribution in [1.29, 1.82) is 0 Å². The number of halogens is 1. The molecule has 1 N–H and O–H groups in total. The molecule has 0 spiro atoms. The van der Waals surface area contributed by atoms with Crippen LogP contribution in [0.4, 0.5) is 0 Å². The molecule has 0 fully saturated rings. The van der Waals surface area contributed by atoms with Gasteiger partial charge in [0.1, 0.15) is 5.15 Å². The lowest BCUT2D eigenvalue weighted by molar-refractivity contribution is 0.240. The summed E-state index contributed by atoms with van der Waals surface area (Å²) in [5, 5.41) is 0.154. The minimum absolute atomic E-state index is 0.0228.